The number of hydrogen-bond donors (Lipinski definition) is 1. The fourth-order valence-electron chi connectivity index (χ4n) is 2.01. The normalized spacial score (nSPS) is 14.4. The van der Waals surface area contributed by atoms with Crippen LogP contribution in [0.15, 0.2) is 18.5 Å². The van der Waals surface area contributed by atoms with Gasteiger partial charge in [-0.05, 0) is 50.9 Å². The third kappa shape index (κ3) is 3.54. The van der Waals surface area contributed by atoms with Crippen molar-refractivity contribution in [3.05, 3.63) is 29.6 Å². The number of rotatable bonds is 6. The largest absolute Gasteiger partial charge is 0.309 e. The predicted octanol–water partition coefficient (Wildman–Crippen LogP) is 2.25. The lowest BCUT2D eigenvalue weighted by atomic mass is 9.93. The summed E-state index contributed by atoms with van der Waals surface area (Å²) in [6.07, 6.45) is 5.73. The van der Waals surface area contributed by atoms with Crippen molar-refractivity contribution >= 4 is 9.84 Å². The van der Waals surface area contributed by atoms with Crippen molar-refractivity contribution in [2.45, 2.75) is 44.9 Å². The molecule has 0 radical (unpaired) electrons. The van der Waals surface area contributed by atoms with Gasteiger partial charge in [0.05, 0.1) is 10.8 Å². The molecule has 1 rings (SSSR count). The van der Waals surface area contributed by atoms with E-state index < -0.39 is 14.6 Å². The van der Waals surface area contributed by atoms with Gasteiger partial charge in [0.2, 0.25) is 0 Å². The molecule has 0 saturated heterocycles. The van der Waals surface area contributed by atoms with Crippen molar-refractivity contribution < 1.29 is 8.42 Å². The van der Waals surface area contributed by atoms with Gasteiger partial charge in [-0.1, -0.05) is 6.92 Å². The predicted molar refractivity (Wildman–Crippen MR) is 78.9 cm³/mol. The summed E-state index contributed by atoms with van der Waals surface area (Å²) in [6.45, 7) is 8.35. The van der Waals surface area contributed by atoms with Crippen LogP contribution >= 0.6 is 0 Å². The van der Waals surface area contributed by atoms with Gasteiger partial charge in [0.1, 0.15) is 0 Å². The second kappa shape index (κ2) is 6.01. The molecule has 19 heavy (non-hydrogen) atoms. The van der Waals surface area contributed by atoms with E-state index in [0.29, 0.717) is 0 Å². The molecule has 1 aromatic rings. The summed E-state index contributed by atoms with van der Waals surface area (Å²) >= 11 is 0. The minimum absolute atomic E-state index is 0.254. The number of pyridine rings is 1. The van der Waals surface area contributed by atoms with Crippen LogP contribution in [0.4, 0.5) is 0 Å². The number of sulfone groups is 1. The number of hydrogen-bond acceptors (Lipinski definition) is 4. The summed E-state index contributed by atoms with van der Waals surface area (Å²) in [4.78, 5) is 4.14. The van der Waals surface area contributed by atoms with E-state index in [2.05, 4.69) is 17.2 Å². The van der Waals surface area contributed by atoms with Crippen LogP contribution < -0.4 is 5.32 Å². The molecule has 0 amide bonds. The molecule has 0 spiro atoms. The third-order valence-electron chi connectivity index (χ3n) is 3.64. The average Bonchev–Trinajstić information content (AvgIpc) is 2.30. The highest BCUT2D eigenvalue weighted by atomic mass is 32.2. The molecule has 0 bridgehead atoms. The Morgan fingerprint density at radius 2 is 2.05 bits per heavy atom. The van der Waals surface area contributed by atoms with Crippen LogP contribution in [-0.2, 0) is 9.84 Å². The molecule has 1 N–H and O–H groups in total. The maximum Gasteiger partial charge on any atom is 0.154 e. The molecule has 5 heteroatoms. The topological polar surface area (TPSA) is 59.1 Å². The van der Waals surface area contributed by atoms with Gasteiger partial charge in [0.25, 0.3) is 0 Å². The fourth-order valence-corrected chi connectivity index (χ4v) is 2.65. The van der Waals surface area contributed by atoms with Gasteiger partial charge < -0.3 is 5.32 Å². The zero-order valence-corrected chi connectivity index (χ0v) is 13.2. The number of aromatic nitrogens is 1. The summed E-state index contributed by atoms with van der Waals surface area (Å²) < 4.78 is 23.3. The molecular formula is C14H24N2O2S. The highest BCUT2D eigenvalue weighted by Crippen LogP contribution is 2.33. The number of nitrogens with zero attached hydrogens (tertiary/aromatic N) is 1. The molecule has 0 aromatic carbocycles. The maximum absolute atomic E-state index is 12.1. The van der Waals surface area contributed by atoms with E-state index >= 15 is 0 Å². The van der Waals surface area contributed by atoms with E-state index in [-0.39, 0.29) is 6.04 Å². The van der Waals surface area contributed by atoms with Crippen LogP contribution in [0.25, 0.3) is 0 Å². The Kier molecular flexibility index (Phi) is 5.10. The van der Waals surface area contributed by atoms with E-state index in [4.69, 9.17) is 0 Å². The summed E-state index contributed by atoms with van der Waals surface area (Å²) in [7, 11) is -3.19. The van der Waals surface area contributed by atoms with Crippen molar-refractivity contribution in [1.82, 2.24) is 10.3 Å². The first-order chi connectivity index (χ1) is 8.71. The number of aryl methyl sites for hydroxylation is 1. The lowest BCUT2D eigenvalue weighted by molar-refractivity contribution is 0.418. The van der Waals surface area contributed by atoms with E-state index in [0.717, 1.165) is 24.1 Å². The van der Waals surface area contributed by atoms with Gasteiger partial charge in [-0.15, -0.1) is 0 Å². The van der Waals surface area contributed by atoms with Crippen molar-refractivity contribution in [1.29, 1.82) is 0 Å². The van der Waals surface area contributed by atoms with E-state index in [1.807, 2.05) is 13.0 Å². The molecule has 1 atom stereocenters. The summed E-state index contributed by atoms with van der Waals surface area (Å²) in [5.41, 5.74) is 2.01. The van der Waals surface area contributed by atoms with Gasteiger partial charge >= 0.3 is 0 Å². The van der Waals surface area contributed by atoms with Crippen LogP contribution in [-0.4, -0.2) is 30.9 Å². The summed E-state index contributed by atoms with van der Waals surface area (Å²) in [5, 5.41) is 3.35. The van der Waals surface area contributed by atoms with Crippen molar-refractivity contribution in [2.75, 3.05) is 12.8 Å². The summed E-state index contributed by atoms with van der Waals surface area (Å²) in [5.74, 6) is 0. The highest BCUT2D eigenvalue weighted by Gasteiger charge is 2.40. The monoisotopic (exact) mass is 284 g/mol. The van der Waals surface area contributed by atoms with Crippen LogP contribution in [0.5, 0.6) is 0 Å². The van der Waals surface area contributed by atoms with E-state index in [1.54, 1.807) is 26.2 Å². The molecule has 0 aliphatic rings. The van der Waals surface area contributed by atoms with Crippen LogP contribution in [0.1, 0.15) is 44.4 Å². The van der Waals surface area contributed by atoms with Gasteiger partial charge in [-0.2, -0.15) is 0 Å². The quantitative estimate of drug-likeness (QED) is 0.870. The highest BCUT2D eigenvalue weighted by molar-refractivity contribution is 7.92. The molecule has 1 heterocycles. The molecule has 0 aliphatic carbocycles. The molecule has 0 fully saturated rings. The Balaban J connectivity index is 3.27. The molecular weight excluding hydrogens is 260 g/mol. The second-order valence-electron chi connectivity index (χ2n) is 5.50. The fraction of sp³-hybridized carbons (Fsp3) is 0.643. The Bertz CT molecular complexity index is 524. The Labute approximate surface area is 116 Å². The second-order valence-corrected chi connectivity index (χ2v) is 8.09. The Hall–Kier alpha value is -0.940. The number of nitrogens with one attached hydrogen (secondary N) is 1. The zero-order valence-electron chi connectivity index (χ0n) is 12.4. The van der Waals surface area contributed by atoms with Crippen LogP contribution in [0.2, 0.25) is 0 Å². The standard InChI is InChI=1S/C14H24N2O2S/c1-6-8-16-13(14(3,4)19(5,17)18)12-10-15-9-7-11(12)2/h7,9-10,13,16H,6,8H2,1-5H3. The van der Waals surface area contributed by atoms with E-state index in [9.17, 15) is 8.42 Å². The Morgan fingerprint density at radius 1 is 1.42 bits per heavy atom. The lowest BCUT2D eigenvalue weighted by Crippen LogP contribution is -2.45. The molecule has 0 aliphatic heterocycles. The maximum atomic E-state index is 12.1. The van der Waals surface area contributed by atoms with Gasteiger partial charge in [-0.3, -0.25) is 4.98 Å². The first-order valence-corrected chi connectivity index (χ1v) is 8.44. The molecule has 1 unspecified atom stereocenters. The van der Waals surface area contributed by atoms with E-state index in [1.165, 1.54) is 6.26 Å². The lowest BCUT2D eigenvalue weighted by Gasteiger charge is -2.34. The smallest absolute Gasteiger partial charge is 0.154 e. The Morgan fingerprint density at radius 3 is 2.53 bits per heavy atom. The SMILES string of the molecule is CCCNC(c1cnccc1C)C(C)(C)S(C)(=O)=O. The molecule has 1 aromatic heterocycles. The van der Waals surface area contributed by atoms with Gasteiger partial charge in [0, 0.05) is 18.6 Å². The molecule has 4 nitrogen and oxygen atoms in total. The zero-order chi connectivity index (χ0) is 14.7. The van der Waals surface area contributed by atoms with Crippen molar-refractivity contribution in [3.8, 4) is 0 Å². The molecule has 108 valence electrons. The molecule has 0 saturated carbocycles. The average molecular weight is 284 g/mol. The first-order valence-electron chi connectivity index (χ1n) is 6.55. The van der Waals surface area contributed by atoms with Crippen molar-refractivity contribution in [2.24, 2.45) is 0 Å². The van der Waals surface area contributed by atoms with Crippen molar-refractivity contribution in [3.63, 3.8) is 0 Å². The van der Waals surface area contributed by atoms with Gasteiger partial charge in [0.15, 0.2) is 9.84 Å². The minimum Gasteiger partial charge on any atom is -0.309 e. The first kappa shape index (κ1) is 16.1. The third-order valence-corrected chi connectivity index (χ3v) is 5.79. The van der Waals surface area contributed by atoms with Gasteiger partial charge in [-0.25, -0.2) is 8.42 Å². The minimum atomic E-state index is -3.19. The summed E-state index contributed by atoms with van der Waals surface area (Å²) in [6, 6.07) is 1.66. The van der Waals surface area contributed by atoms with Crippen LogP contribution in [0.3, 0.4) is 0 Å². The van der Waals surface area contributed by atoms with Crippen LogP contribution in [0, 0.1) is 6.92 Å².